The fourth-order valence-electron chi connectivity index (χ4n) is 3.12. The fourth-order valence-corrected chi connectivity index (χ4v) is 3.12. The number of nitrogens with one attached hydrogen (secondary N) is 3. The van der Waals surface area contributed by atoms with Gasteiger partial charge in [0.25, 0.3) is 5.91 Å². The normalized spacial score (nSPS) is 22.7. The van der Waals surface area contributed by atoms with Crippen molar-refractivity contribution in [1.82, 2.24) is 15.6 Å². The number of aromatic nitrogens is 1. The molecule has 0 bridgehead atoms. The highest BCUT2D eigenvalue weighted by molar-refractivity contribution is 6.10. The molecule has 30 heavy (non-hydrogen) atoms. The number of pyridine rings is 1. The fraction of sp³-hybridized carbons (Fsp3) is 0.350. The molecule has 0 aliphatic heterocycles. The number of alkyl halides is 3. The molecule has 2 aliphatic carbocycles. The molecular formula is C20H21F3N4O3. The lowest BCUT2D eigenvalue weighted by Gasteiger charge is -2.34. The van der Waals surface area contributed by atoms with Gasteiger partial charge in [0, 0.05) is 30.5 Å². The molecule has 1 amide bonds. The van der Waals surface area contributed by atoms with Crippen molar-refractivity contribution >= 4 is 11.6 Å². The van der Waals surface area contributed by atoms with Crippen LogP contribution in [0.15, 0.2) is 53.6 Å². The lowest BCUT2D eigenvalue weighted by molar-refractivity contribution is -0.141. The predicted octanol–water partition coefficient (Wildman–Crippen LogP) is 2.52. The number of rotatable bonds is 6. The Hall–Kier alpha value is -3.14. The summed E-state index contributed by atoms with van der Waals surface area (Å²) in [4.78, 5) is 15.8. The van der Waals surface area contributed by atoms with Gasteiger partial charge in [-0.05, 0) is 37.0 Å². The molecule has 4 N–H and O–H groups in total. The Morgan fingerprint density at radius 2 is 2.10 bits per heavy atom. The Balaban J connectivity index is 1.76. The van der Waals surface area contributed by atoms with Gasteiger partial charge in [-0.25, -0.2) is 4.98 Å². The van der Waals surface area contributed by atoms with Crippen molar-refractivity contribution in [2.24, 2.45) is 5.92 Å². The number of hydrogen-bond acceptors (Lipinski definition) is 6. The van der Waals surface area contributed by atoms with Crippen LogP contribution >= 0.6 is 0 Å². The Kier molecular flexibility index (Phi) is 6.25. The Morgan fingerprint density at radius 3 is 2.73 bits per heavy atom. The molecule has 3 rings (SSSR count). The third kappa shape index (κ3) is 4.88. The number of halogens is 3. The Labute approximate surface area is 170 Å². The molecule has 10 heteroatoms. The molecule has 0 spiro atoms. The minimum Gasteiger partial charge on any atom is -0.494 e. The van der Waals surface area contributed by atoms with Crippen LogP contribution < -0.4 is 10.6 Å². The average Bonchev–Trinajstić information content (AvgIpc) is 2.68. The molecule has 1 aromatic rings. The molecular weight excluding hydrogens is 401 g/mol. The van der Waals surface area contributed by atoms with Gasteiger partial charge in [-0.3, -0.25) is 4.79 Å². The SMILES string of the molecule is COC1=CC(=N)/C(=C\NC2CC(CO)C2)C=C1NC(=O)c1cccc(C(F)(F)F)n1. The van der Waals surface area contributed by atoms with E-state index in [0.717, 1.165) is 25.0 Å². The molecule has 160 valence electrons. The number of carbonyl (C=O) groups excluding carboxylic acids is 1. The van der Waals surface area contributed by atoms with Crippen molar-refractivity contribution in [3.05, 3.63) is 65.0 Å². The molecule has 7 nitrogen and oxygen atoms in total. The van der Waals surface area contributed by atoms with E-state index in [1.165, 1.54) is 25.3 Å². The topological polar surface area (TPSA) is 107 Å². The van der Waals surface area contributed by atoms with Crippen molar-refractivity contribution in [2.75, 3.05) is 13.7 Å². The second kappa shape index (κ2) is 8.70. The monoisotopic (exact) mass is 422 g/mol. The summed E-state index contributed by atoms with van der Waals surface area (Å²) in [5.41, 5.74) is -0.741. The van der Waals surface area contributed by atoms with Crippen LogP contribution in [0.3, 0.4) is 0 Å². The number of hydrogen-bond donors (Lipinski definition) is 4. The van der Waals surface area contributed by atoms with Gasteiger partial charge in [0.2, 0.25) is 0 Å². The number of aliphatic hydroxyl groups excluding tert-OH is 1. The van der Waals surface area contributed by atoms with E-state index in [1.807, 2.05) is 0 Å². The summed E-state index contributed by atoms with van der Waals surface area (Å²) < 4.78 is 43.7. The molecule has 0 radical (unpaired) electrons. The third-order valence-corrected chi connectivity index (χ3v) is 4.86. The molecule has 2 aliphatic rings. The maximum Gasteiger partial charge on any atom is 0.433 e. The highest BCUT2D eigenvalue weighted by atomic mass is 19.4. The quantitative estimate of drug-likeness (QED) is 0.564. The smallest absolute Gasteiger partial charge is 0.433 e. The van der Waals surface area contributed by atoms with Crippen LogP contribution in [-0.2, 0) is 10.9 Å². The third-order valence-electron chi connectivity index (χ3n) is 4.86. The largest absolute Gasteiger partial charge is 0.494 e. The Bertz CT molecular complexity index is 931. The van der Waals surface area contributed by atoms with Gasteiger partial charge in [0.05, 0.1) is 18.5 Å². The molecule has 0 aromatic carbocycles. The van der Waals surface area contributed by atoms with E-state index in [2.05, 4.69) is 15.6 Å². The number of aliphatic hydroxyl groups is 1. The highest BCUT2D eigenvalue weighted by Gasteiger charge is 2.33. The summed E-state index contributed by atoms with van der Waals surface area (Å²) in [6.45, 7) is 0.143. The second-order valence-electron chi connectivity index (χ2n) is 7.03. The highest BCUT2D eigenvalue weighted by Crippen LogP contribution is 2.28. The summed E-state index contributed by atoms with van der Waals surface area (Å²) in [7, 11) is 1.36. The van der Waals surface area contributed by atoms with E-state index in [4.69, 9.17) is 15.3 Å². The van der Waals surface area contributed by atoms with E-state index in [1.54, 1.807) is 6.20 Å². The summed E-state index contributed by atoms with van der Waals surface area (Å²) in [6, 6.07) is 3.26. The van der Waals surface area contributed by atoms with Crippen molar-refractivity contribution in [2.45, 2.75) is 25.1 Å². The molecule has 1 aromatic heterocycles. The maximum absolute atomic E-state index is 12.8. The number of allylic oxidation sites excluding steroid dienone is 3. The van der Waals surface area contributed by atoms with Crippen molar-refractivity contribution in [3.8, 4) is 0 Å². The minimum absolute atomic E-state index is 0.143. The molecule has 0 atom stereocenters. The van der Waals surface area contributed by atoms with E-state index in [0.29, 0.717) is 5.57 Å². The van der Waals surface area contributed by atoms with Crippen LogP contribution in [-0.4, -0.2) is 41.5 Å². The van der Waals surface area contributed by atoms with Crippen LogP contribution in [0.4, 0.5) is 13.2 Å². The summed E-state index contributed by atoms with van der Waals surface area (Å²) in [5.74, 6) is -0.362. The molecule has 1 heterocycles. The lowest BCUT2D eigenvalue weighted by Crippen LogP contribution is -2.40. The zero-order chi connectivity index (χ0) is 21.9. The molecule has 0 saturated heterocycles. The number of amides is 1. The molecule has 1 saturated carbocycles. The van der Waals surface area contributed by atoms with E-state index >= 15 is 0 Å². The van der Waals surface area contributed by atoms with Crippen molar-refractivity contribution in [1.29, 1.82) is 5.41 Å². The van der Waals surface area contributed by atoms with Gasteiger partial charge >= 0.3 is 6.18 Å². The van der Waals surface area contributed by atoms with Gasteiger partial charge in [0.15, 0.2) is 0 Å². The van der Waals surface area contributed by atoms with Gasteiger partial charge in [-0.15, -0.1) is 0 Å². The summed E-state index contributed by atoms with van der Waals surface area (Å²) in [6.07, 6.45) is 1.52. The summed E-state index contributed by atoms with van der Waals surface area (Å²) in [5, 5.41) is 22.9. The van der Waals surface area contributed by atoms with E-state index in [-0.39, 0.29) is 35.7 Å². The first kappa shape index (κ1) is 21.6. The first-order valence-electron chi connectivity index (χ1n) is 9.20. The molecule has 1 fully saturated rings. The van der Waals surface area contributed by atoms with Crippen LogP contribution in [0.2, 0.25) is 0 Å². The van der Waals surface area contributed by atoms with Crippen LogP contribution in [0.25, 0.3) is 0 Å². The van der Waals surface area contributed by atoms with Gasteiger partial charge in [-0.2, -0.15) is 13.2 Å². The number of nitrogens with zero attached hydrogens (tertiary/aromatic N) is 1. The van der Waals surface area contributed by atoms with Crippen molar-refractivity contribution in [3.63, 3.8) is 0 Å². The van der Waals surface area contributed by atoms with Crippen LogP contribution in [0.1, 0.15) is 29.0 Å². The maximum atomic E-state index is 12.8. The van der Waals surface area contributed by atoms with Gasteiger partial charge in [-0.1, -0.05) is 6.07 Å². The van der Waals surface area contributed by atoms with E-state index < -0.39 is 23.5 Å². The summed E-state index contributed by atoms with van der Waals surface area (Å²) >= 11 is 0. The molecule has 0 unspecified atom stereocenters. The van der Waals surface area contributed by atoms with Gasteiger partial charge < -0.3 is 25.9 Å². The Morgan fingerprint density at radius 1 is 1.37 bits per heavy atom. The first-order chi connectivity index (χ1) is 14.2. The number of methoxy groups -OCH3 is 1. The number of ether oxygens (including phenoxy) is 1. The first-order valence-corrected chi connectivity index (χ1v) is 9.20. The van der Waals surface area contributed by atoms with Crippen molar-refractivity contribution < 1.29 is 27.8 Å². The minimum atomic E-state index is -4.66. The van der Waals surface area contributed by atoms with Crippen LogP contribution in [0.5, 0.6) is 0 Å². The second-order valence-corrected chi connectivity index (χ2v) is 7.03. The zero-order valence-electron chi connectivity index (χ0n) is 16.1. The lowest BCUT2D eigenvalue weighted by atomic mass is 9.81. The van der Waals surface area contributed by atoms with Crippen LogP contribution in [0, 0.1) is 11.3 Å². The number of carbonyl (C=O) groups is 1. The zero-order valence-corrected chi connectivity index (χ0v) is 16.1. The average molecular weight is 422 g/mol. The van der Waals surface area contributed by atoms with Gasteiger partial charge in [0.1, 0.15) is 17.1 Å². The predicted molar refractivity (Wildman–Crippen MR) is 102 cm³/mol. The standard InChI is InChI=1S/C20H21F3N4O3/c1-30-17-8-14(24)12(9-25-13-5-11(6-13)10-28)7-16(17)27-19(29)15-3-2-4-18(26-15)20(21,22)23/h2-4,7-9,11,13,24-25,28H,5-6,10H2,1H3,(H,27,29)/b12-9-,24-14?. The van der Waals surface area contributed by atoms with E-state index in [9.17, 15) is 18.0 Å².